The Morgan fingerprint density at radius 1 is 0.617 bits per heavy atom. The van der Waals surface area contributed by atoms with Gasteiger partial charge < -0.3 is 28.0 Å². The molecule has 8 aliphatic heterocycles. The van der Waals surface area contributed by atoms with E-state index < -0.39 is 43.0 Å². The van der Waals surface area contributed by atoms with E-state index in [1.807, 2.05) is 13.8 Å². The van der Waals surface area contributed by atoms with Crippen molar-refractivity contribution in [3.8, 4) is 0 Å². The zero-order chi connectivity index (χ0) is 33.0. The van der Waals surface area contributed by atoms with Crippen LogP contribution in [0.4, 0.5) is 0 Å². The van der Waals surface area contributed by atoms with Crippen LogP contribution in [0, 0.1) is 47.3 Å². The fraction of sp³-hybridized carbons (Fsp3) is 1.00. The van der Waals surface area contributed by atoms with Crippen molar-refractivity contribution < 1.29 is 52.1 Å². The molecule has 10 fully saturated rings. The van der Waals surface area contributed by atoms with E-state index in [0.717, 1.165) is 51.4 Å². The third-order valence-corrected chi connectivity index (χ3v) is 15.3. The number of ether oxygens (including phenoxy) is 4. The largest absolute Gasteiger partial charge is 0.346 e. The molecule has 0 radical (unpaired) electrons. The van der Waals surface area contributed by atoms with Gasteiger partial charge >= 0.3 is 7.60 Å². The van der Waals surface area contributed by atoms with Gasteiger partial charge in [-0.05, 0) is 101 Å². The first kappa shape index (κ1) is 33.9. The molecule has 0 amide bonds. The molecular formula is C35H57O11P. The van der Waals surface area contributed by atoms with Gasteiger partial charge in [0.1, 0.15) is 0 Å². The normalized spacial score (nSPS) is 56.1. The van der Waals surface area contributed by atoms with E-state index in [1.54, 1.807) is 6.66 Å². The SMILES string of the molecule is C[C@H]1[C@@H](CCOP(C)(=O)OCC[C@H]2O[C@@H]3O[C@]4(C)CC[C@H]5[C@H](C)CC[C@@H]([C@H]2C)[C@@]35OO4)O[C@@H]2O[C@@]3(C)CC[C@H]4[C@H](C)CC[C@@H]1[C@@]24OO3. The Morgan fingerprint density at radius 3 is 1.47 bits per heavy atom. The minimum absolute atomic E-state index is 0.106. The molecule has 11 nitrogen and oxygen atoms in total. The first-order chi connectivity index (χ1) is 22.3. The molecule has 2 aliphatic carbocycles. The average molecular weight is 685 g/mol. The van der Waals surface area contributed by atoms with E-state index in [2.05, 4.69) is 27.7 Å². The van der Waals surface area contributed by atoms with Crippen molar-refractivity contribution in [2.24, 2.45) is 47.3 Å². The lowest BCUT2D eigenvalue weighted by molar-refractivity contribution is -0.571. The standard InChI is InChI=1S/C35H57O11P/c1-20-8-10-26-22(3)28(39-30-34(26)24(20)12-16-32(5,41-30)43-45-34)14-18-37-47(7,36)38-19-15-29-23(4)27-11-9-21(2)25-13-17-33(6)42-31(40-29)35(25,27)46-44-33/h20-31H,8-19H2,1-7H3/t20-,21-,22-,23-,24+,25+,26+,27+,28-,29-,30-,31-,32-,33+,34-,35-,47?/m1/s1. The number of hydrogen-bond acceptors (Lipinski definition) is 11. The molecule has 2 spiro atoms. The van der Waals surface area contributed by atoms with Crippen LogP contribution in [0.2, 0.25) is 0 Å². The predicted octanol–water partition coefficient (Wildman–Crippen LogP) is 7.12. The van der Waals surface area contributed by atoms with Gasteiger partial charge in [0.05, 0.1) is 25.4 Å². The molecule has 17 atom stereocenters. The maximum Gasteiger partial charge on any atom is 0.327 e. The van der Waals surface area contributed by atoms with E-state index in [4.69, 9.17) is 47.5 Å². The zero-order valence-electron chi connectivity index (χ0n) is 29.4. The summed E-state index contributed by atoms with van der Waals surface area (Å²) in [6, 6.07) is 0. The van der Waals surface area contributed by atoms with Gasteiger partial charge in [0.15, 0.2) is 23.8 Å². The van der Waals surface area contributed by atoms with E-state index in [1.165, 1.54) is 0 Å². The number of fused-ring (bicyclic) bond motifs is 4. The molecule has 10 rings (SSSR count). The van der Waals surface area contributed by atoms with E-state index in [9.17, 15) is 4.57 Å². The topological polar surface area (TPSA) is 109 Å². The van der Waals surface area contributed by atoms with Crippen molar-refractivity contribution in [2.75, 3.05) is 19.9 Å². The second-order valence-corrected chi connectivity index (χ2v) is 19.0. The van der Waals surface area contributed by atoms with Crippen LogP contribution in [0.15, 0.2) is 0 Å². The fourth-order valence-electron chi connectivity index (χ4n) is 11.3. The third kappa shape index (κ3) is 5.39. The summed E-state index contributed by atoms with van der Waals surface area (Å²) in [5.74, 6) is 1.04. The van der Waals surface area contributed by atoms with Gasteiger partial charge in [-0.15, -0.1) is 0 Å². The molecule has 0 aromatic rings. The van der Waals surface area contributed by atoms with Crippen molar-refractivity contribution in [2.45, 2.75) is 153 Å². The Hall–Kier alpha value is -0.170. The van der Waals surface area contributed by atoms with Crippen molar-refractivity contribution >= 4 is 7.60 Å². The molecule has 0 N–H and O–H groups in total. The fourth-order valence-corrected chi connectivity index (χ4v) is 12.3. The summed E-state index contributed by atoms with van der Waals surface area (Å²) < 4.78 is 51.7. The summed E-state index contributed by atoms with van der Waals surface area (Å²) in [5.41, 5.74) is -1.17. The lowest BCUT2D eigenvalue weighted by atomic mass is 9.57. The maximum atomic E-state index is 13.5. The van der Waals surface area contributed by atoms with E-state index >= 15 is 0 Å². The number of rotatable bonds is 8. The summed E-state index contributed by atoms with van der Waals surface area (Å²) >= 11 is 0. The Bertz CT molecular complexity index is 1150. The van der Waals surface area contributed by atoms with Gasteiger partial charge in [0, 0.05) is 31.3 Å². The Balaban J connectivity index is 0.867. The minimum atomic E-state index is -3.31. The molecule has 8 saturated heterocycles. The predicted molar refractivity (Wildman–Crippen MR) is 168 cm³/mol. The van der Waals surface area contributed by atoms with Crippen LogP contribution in [-0.4, -0.2) is 67.4 Å². The lowest BCUT2D eigenvalue weighted by Gasteiger charge is -2.60. The quantitative estimate of drug-likeness (QED) is 0.193. The van der Waals surface area contributed by atoms with Gasteiger partial charge in [0.2, 0.25) is 11.6 Å². The highest BCUT2D eigenvalue weighted by Crippen LogP contribution is 2.62. The smallest absolute Gasteiger partial charge is 0.327 e. The molecule has 1 unspecified atom stereocenters. The van der Waals surface area contributed by atoms with Crippen LogP contribution in [0.25, 0.3) is 0 Å². The molecule has 8 heterocycles. The molecule has 2 saturated carbocycles. The van der Waals surface area contributed by atoms with Gasteiger partial charge in [-0.3, -0.25) is 4.57 Å². The van der Waals surface area contributed by atoms with Crippen LogP contribution in [0.5, 0.6) is 0 Å². The van der Waals surface area contributed by atoms with Crippen molar-refractivity contribution in [3.05, 3.63) is 0 Å². The van der Waals surface area contributed by atoms with Crippen LogP contribution in [-0.2, 0) is 52.1 Å². The van der Waals surface area contributed by atoms with Gasteiger partial charge in [0.25, 0.3) is 0 Å². The monoisotopic (exact) mass is 684 g/mol. The highest BCUT2D eigenvalue weighted by Gasteiger charge is 2.70. The van der Waals surface area contributed by atoms with Gasteiger partial charge in [-0.2, -0.15) is 0 Å². The van der Waals surface area contributed by atoms with Gasteiger partial charge in [-0.25, -0.2) is 19.6 Å². The molecule has 12 heteroatoms. The molecule has 268 valence electrons. The van der Waals surface area contributed by atoms with Crippen LogP contribution < -0.4 is 0 Å². The average Bonchev–Trinajstić information content (AvgIpc) is 3.39. The molecule has 10 aliphatic rings. The Kier molecular flexibility index (Phi) is 8.62. The summed E-state index contributed by atoms with van der Waals surface area (Å²) in [6.45, 7) is 15.1. The Morgan fingerprint density at radius 2 is 1.04 bits per heavy atom. The molecule has 47 heavy (non-hydrogen) atoms. The van der Waals surface area contributed by atoms with Crippen molar-refractivity contribution in [3.63, 3.8) is 0 Å². The minimum Gasteiger partial charge on any atom is -0.346 e. The highest BCUT2D eigenvalue weighted by molar-refractivity contribution is 7.52. The molecule has 0 aromatic heterocycles. The number of hydrogen-bond donors (Lipinski definition) is 0. The van der Waals surface area contributed by atoms with Gasteiger partial charge in [-0.1, -0.05) is 27.7 Å². The maximum absolute atomic E-state index is 13.5. The highest BCUT2D eigenvalue weighted by atomic mass is 31.2. The van der Waals surface area contributed by atoms with E-state index in [0.29, 0.717) is 36.5 Å². The lowest BCUT2D eigenvalue weighted by Crippen LogP contribution is -2.70. The zero-order valence-corrected chi connectivity index (χ0v) is 30.2. The second kappa shape index (κ2) is 11.9. The van der Waals surface area contributed by atoms with Crippen LogP contribution >= 0.6 is 7.60 Å². The molecule has 4 bridgehead atoms. The first-order valence-corrected chi connectivity index (χ1v) is 20.5. The summed E-state index contributed by atoms with van der Waals surface area (Å²) in [5, 5.41) is 0. The summed E-state index contributed by atoms with van der Waals surface area (Å²) in [6.07, 6.45) is 8.00. The molecular weight excluding hydrogens is 627 g/mol. The second-order valence-electron chi connectivity index (χ2n) is 16.9. The van der Waals surface area contributed by atoms with Crippen molar-refractivity contribution in [1.29, 1.82) is 0 Å². The van der Waals surface area contributed by atoms with Crippen molar-refractivity contribution in [1.82, 2.24) is 0 Å². The first-order valence-electron chi connectivity index (χ1n) is 18.6. The third-order valence-electron chi connectivity index (χ3n) is 14.0. The van der Waals surface area contributed by atoms with Crippen LogP contribution in [0.3, 0.4) is 0 Å². The van der Waals surface area contributed by atoms with Crippen LogP contribution in [0.1, 0.15) is 106 Å². The molecule has 0 aromatic carbocycles. The Labute approximate surface area is 280 Å². The summed E-state index contributed by atoms with van der Waals surface area (Å²) in [4.78, 5) is 24.4. The summed E-state index contributed by atoms with van der Waals surface area (Å²) in [7, 11) is -3.31. The van der Waals surface area contributed by atoms with E-state index in [-0.39, 0.29) is 49.1 Å².